The van der Waals surface area contributed by atoms with Crippen molar-refractivity contribution in [2.24, 2.45) is 0 Å². The predicted molar refractivity (Wildman–Crippen MR) is 74.6 cm³/mol. The Morgan fingerprint density at radius 3 is 2.61 bits per heavy atom. The van der Waals surface area contributed by atoms with Gasteiger partial charge in [0.1, 0.15) is 6.10 Å². The number of aromatic nitrogens is 1. The number of carbonyl (C=O) groups is 1. The Bertz CT molecular complexity index is 390. The molecule has 1 heterocycles. The van der Waals surface area contributed by atoms with Gasteiger partial charge in [-0.3, -0.25) is 9.78 Å². The molecule has 100 valence electrons. The molecule has 0 radical (unpaired) electrons. The smallest absolute Gasteiger partial charge is 0.249 e. The van der Waals surface area contributed by atoms with Gasteiger partial charge in [0.05, 0.1) is 0 Å². The summed E-state index contributed by atoms with van der Waals surface area (Å²) in [4.78, 5) is 15.9. The summed E-state index contributed by atoms with van der Waals surface area (Å²) >= 11 is 1.62. The fourth-order valence-electron chi connectivity index (χ4n) is 1.69. The SMILES string of the molecule is CSCC[C@@H](O)C(=O)NCc1cc(C)nc(C)c1. The van der Waals surface area contributed by atoms with Crippen LogP contribution in [0.5, 0.6) is 0 Å². The standard InChI is InChI=1S/C13H20N2O2S/c1-9-6-11(7-10(2)15-9)8-14-13(17)12(16)4-5-18-3/h6-7,12,16H,4-5,8H2,1-3H3,(H,14,17)/t12-/m1/s1. The summed E-state index contributed by atoms with van der Waals surface area (Å²) in [5.74, 6) is 0.471. The molecule has 5 heteroatoms. The lowest BCUT2D eigenvalue weighted by Gasteiger charge is -2.11. The first-order valence-corrected chi connectivity index (χ1v) is 7.31. The Morgan fingerprint density at radius 1 is 1.44 bits per heavy atom. The second-order valence-electron chi connectivity index (χ2n) is 4.27. The molecule has 0 aliphatic carbocycles. The minimum Gasteiger partial charge on any atom is -0.383 e. The molecular formula is C13H20N2O2S. The van der Waals surface area contributed by atoms with E-state index in [1.165, 1.54) is 0 Å². The molecule has 4 nitrogen and oxygen atoms in total. The van der Waals surface area contributed by atoms with Gasteiger partial charge >= 0.3 is 0 Å². The van der Waals surface area contributed by atoms with Crippen LogP contribution < -0.4 is 5.32 Å². The summed E-state index contributed by atoms with van der Waals surface area (Å²) in [6.45, 7) is 4.27. The van der Waals surface area contributed by atoms with Crippen LogP contribution >= 0.6 is 11.8 Å². The van der Waals surface area contributed by atoms with Crippen molar-refractivity contribution in [3.63, 3.8) is 0 Å². The predicted octanol–water partition coefficient (Wildman–Crippen LogP) is 1.43. The van der Waals surface area contributed by atoms with E-state index < -0.39 is 6.10 Å². The molecule has 0 saturated carbocycles. The number of aliphatic hydroxyl groups excluding tert-OH is 1. The first-order valence-electron chi connectivity index (χ1n) is 5.92. The maximum absolute atomic E-state index is 11.6. The van der Waals surface area contributed by atoms with Gasteiger partial charge in [0.25, 0.3) is 0 Å². The van der Waals surface area contributed by atoms with Crippen molar-refractivity contribution in [2.45, 2.75) is 32.9 Å². The molecule has 2 N–H and O–H groups in total. The van der Waals surface area contributed by atoms with Crippen LogP contribution in [-0.2, 0) is 11.3 Å². The maximum Gasteiger partial charge on any atom is 0.249 e. The fourth-order valence-corrected chi connectivity index (χ4v) is 2.15. The van der Waals surface area contributed by atoms with E-state index in [1.54, 1.807) is 11.8 Å². The number of hydrogen-bond acceptors (Lipinski definition) is 4. The lowest BCUT2D eigenvalue weighted by molar-refractivity contribution is -0.129. The van der Waals surface area contributed by atoms with E-state index in [2.05, 4.69) is 10.3 Å². The van der Waals surface area contributed by atoms with Gasteiger partial charge in [0, 0.05) is 17.9 Å². The van der Waals surface area contributed by atoms with Crippen LogP contribution in [0.1, 0.15) is 23.4 Å². The molecular weight excluding hydrogens is 248 g/mol. The summed E-state index contributed by atoms with van der Waals surface area (Å²) < 4.78 is 0. The molecule has 0 bridgehead atoms. The summed E-state index contributed by atoms with van der Waals surface area (Å²) in [5, 5.41) is 12.3. The normalized spacial score (nSPS) is 12.2. The number of aliphatic hydroxyl groups is 1. The Morgan fingerprint density at radius 2 is 2.06 bits per heavy atom. The monoisotopic (exact) mass is 268 g/mol. The van der Waals surface area contributed by atoms with Crippen molar-refractivity contribution in [1.29, 1.82) is 0 Å². The number of thioether (sulfide) groups is 1. The van der Waals surface area contributed by atoms with Gasteiger partial charge in [-0.15, -0.1) is 0 Å². The molecule has 1 aromatic heterocycles. The van der Waals surface area contributed by atoms with E-state index >= 15 is 0 Å². The summed E-state index contributed by atoms with van der Waals surface area (Å²) in [6, 6.07) is 3.86. The first-order chi connectivity index (χ1) is 8.52. The zero-order chi connectivity index (χ0) is 13.5. The Hall–Kier alpha value is -1.07. The molecule has 1 atom stereocenters. The summed E-state index contributed by atoms with van der Waals surface area (Å²) in [7, 11) is 0. The minimum atomic E-state index is -0.915. The number of nitrogens with one attached hydrogen (secondary N) is 1. The van der Waals surface area contributed by atoms with Gasteiger partial charge < -0.3 is 10.4 Å². The largest absolute Gasteiger partial charge is 0.383 e. The average molecular weight is 268 g/mol. The van der Waals surface area contributed by atoms with E-state index in [4.69, 9.17) is 0 Å². The fraction of sp³-hybridized carbons (Fsp3) is 0.538. The highest BCUT2D eigenvalue weighted by Crippen LogP contribution is 2.05. The van der Waals surface area contributed by atoms with Crippen molar-refractivity contribution < 1.29 is 9.90 Å². The zero-order valence-electron chi connectivity index (χ0n) is 11.1. The van der Waals surface area contributed by atoms with Gasteiger partial charge in [-0.2, -0.15) is 11.8 Å². The molecule has 0 aliphatic heterocycles. The molecule has 1 rings (SSSR count). The minimum absolute atomic E-state index is 0.309. The molecule has 0 spiro atoms. The second-order valence-corrected chi connectivity index (χ2v) is 5.26. The third kappa shape index (κ3) is 5.06. The van der Waals surface area contributed by atoms with E-state index in [-0.39, 0.29) is 5.91 Å². The van der Waals surface area contributed by atoms with Crippen molar-refractivity contribution in [1.82, 2.24) is 10.3 Å². The maximum atomic E-state index is 11.6. The number of pyridine rings is 1. The van der Waals surface area contributed by atoms with Crippen LogP contribution in [0.3, 0.4) is 0 Å². The highest BCUT2D eigenvalue weighted by Gasteiger charge is 2.13. The van der Waals surface area contributed by atoms with Crippen molar-refractivity contribution in [3.8, 4) is 0 Å². The first kappa shape index (κ1) is 15.0. The van der Waals surface area contributed by atoms with E-state index in [0.29, 0.717) is 13.0 Å². The van der Waals surface area contributed by atoms with E-state index in [9.17, 15) is 9.90 Å². The molecule has 18 heavy (non-hydrogen) atoms. The number of rotatable bonds is 6. The van der Waals surface area contributed by atoms with Crippen LogP contribution in [0, 0.1) is 13.8 Å². The van der Waals surface area contributed by atoms with Crippen LogP contribution in [0.15, 0.2) is 12.1 Å². The quantitative estimate of drug-likeness (QED) is 0.819. The highest BCUT2D eigenvalue weighted by atomic mass is 32.2. The molecule has 0 saturated heterocycles. The van der Waals surface area contributed by atoms with E-state index in [1.807, 2.05) is 32.2 Å². The molecule has 0 unspecified atom stereocenters. The van der Waals surface area contributed by atoms with Crippen molar-refractivity contribution >= 4 is 17.7 Å². The van der Waals surface area contributed by atoms with Gasteiger partial charge in [-0.25, -0.2) is 0 Å². The number of aryl methyl sites for hydroxylation is 2. The van der Waals surface area contributed by atoms with Gasteiger partial charge in [-0.05, 0) is 50.0 Å². The third-order valence-corrected chi connectivity index (χ3v) is 3.15. The molecule has 0 fully saturated rings. The number of carbonyl (C=O) groups excluding carboxylic acids is 1. The lowest BCUT2D eigenvalue weighted by atomic mass is 10.2. The molecule has 1 aromatic rings. The Labute approximate surface area is 112 Å². The number of nitrogens with zero attached hydrogens (tertiary/aromatic N) is 1. The topological polar surface area (TPSA) is 62.2 Å². The Balaban J connectivity index is 2.46. The molecule has 0 aromatic carbocycles. The van der Waals surface area contributed by atoms with Crippen molar-refractivity contribution in [2.75, 3.05) is 12.0 Å². The van der Waals surface area contributed by atoms with Gasteiger partial charge in [0.2, 0.25) is 5.91 Å². The third-order valence-electron chi connectivity index (χ3n) is 2.51. The average Bonchev–Trinajstić information content (AvgIpc) is 2.31. The zero-order valence-corrected chi connectivity index (χ0v) is 11.9. The van der Waals surface area contributed by atoms with E-state index in [0.717, 1.165) is 22.7 Å². The summed E-state index contributed by atoms with van der Waals surface area (Å²) in [6.07, 6.45) is 1.52. The number of amides is 1. The lowest BCUT2D eigenvalue weighted by Crippen LogP contribution is -2.34. The van der Waals surface area contributed by atoms with Crippen LogP contribution in [0.2, 0.25) is 0 Å². The van der Waals surface area contributed by atoms with Gasteiger partial charge in [-0.1, -0.05) is 0 Å². The molecule has 1 amide bonds. The number of hydrogen-bond donors (Lipinski definition) is 2. The Kier molecular flexibility index (Phi) is 6.15. The molecule has 0 aliphatic rings. The second kappa shape index (κ2) is 7.38. The van der Waals surface area contributed by atoms with Crippen LogP contribution in [0.25, 0.3) is 0 Å². The van der Waals surface area contributed by atoms with Crippen LogP contribution in [-0.4, -0.2) is 34.1 Å². The highest BCUT2D eigenvalue weighted by molar-refractivity contribution is 7.98. The van der Waals surface area contributed by atoms with Gasteiger partial charge in [0.15, 0.2) is 0 Å². The van der Waals surface area contributed by atoms with Crippen molar-refractivity contribution in [3.05, 3.63) is 29.1 Å². The summed E-state index contributed by atoms with van der Waals surface area (Å²) in [5.41, 5.74) is 2.87. The van der Waals surface area contributed by atoms with Crippen LogP contribution in [0.4, 0.5) is 0 Å².